The third kappa shape index (κ3) is 3.12. The van der Waals surface area contributed by atoms with Crippen LogP contribution in [0.1, 0.15) is 23.0 Å². The van der Waals surface area contributed by atoms with Crippen molar-refractivity contribution in [3.63, 3.8) is 0 Å². The average molecular weight is 332 g/mol. The molecule has 21 heavy (non-hydrogen) atoms. The number of halogens is 2. The van der Waals surface area contributed by atoms with Crippen LogP contribution < -0.4 is 35.1 Å². The second-order valence-electron chi connectivity index (χ2n) is 4.70. The van der Waals surface area contributed by atoms with Crippen LogP contribution in [-0.4, -0.2) is 27.2 Å². The van der Waals surface area contributed by atoms with E-state index in [2.05, 4.69) is 9.97 Å². The number of aromatic hydroxyl groups is 1. The Balaban J connectivity index is 0.00000110. The third-order valence-corrected chi connectivity index (χ3v) is 3.55. The molecular weight excluding hydrogens is 317 g/mol. The van der Waals surface area contributed by atoms with E-state index in [1.54, 1.807) is 23.8 Å². The number of aromatic nitrogens is 2. The number of nitrogens with one attached hydrogen (secondary N) is 2. The normalized spacial score (nSPS) is 19.8. The molecule has 1 aromatic heterocycles. The summed E-state index contributed by atoms with van der Waals surface area (Å²) in [6, 6.07) is 6.21. The first-order chi connectivity index (χ1) is 9.16. The van der Waals surface area contributed by atoms with Gasteiger partial charge in [0.15, 0.2) is 17.8 Å². The Labute approximate surface area is 133 Å². The molecule has 1 aromatic carbocycles. The van der Waals surface area contributed by atoms with Crippen molar-refractivity contribution in [1.82, 2.24) is 4.98 Å². The third-order valence-electron chi connectivity index (χ3n) is 3.55. The van der Waals surface area contributed by atoms with Gasteiger partial charge in [-0.05, 0) is 12.1 Å². The van der Waals surface area contributed by atoms with Gasteiger partial charge in [0.05, 0.1) is 12.0 Å². The maximum absolute atomic E-state index is 11.2. The molecule has 0 bridgehead atoms. The van der Waals surface area contributed by atoms with E-state index in [0.717, 1.165) is 11.4 Å². The number of aliphatic carboxylic acids is 1. The second kappa shape index (κ2) is 6.80. The molecule has 2 aromatic rings. The molecule has 0 aliphatic carbocycles. The van der Waals surface area contributed by atoms with Crippen molar-refractivity contribution in [2.45, 2.75) is 18.5 Å². The van der Waals surface area contributed by atoms with E-state index in [1.165, 1.54) is 0 Å². The summed E-state index contributed by atoms with van der Waals surface area (Å²) in [5, 5.41) is 20.9. The number of para-hydroxylation sites is 1. The Bertz CT molecular complexity index is 633. The highest BCUT2D eigenvalue weighted by atomic mass is 35.5. The van der Waals surface area contributed by atoms with E-state index in [4.69, 9.17) is 0 Å². The Hall–Kier alpha value is -1.76. The number of fused-ring (bicyclic) bond motifs is 1. The fourth-order valence-electron chi connectivity index (χ4n) is 2.61. The van der Waals surface area contributed by atoms with Gasteiger partial charge in [-0.3, -0.25) is 0 Å². The van der Waals surface area contributed by atoms with Gasteiger partial charge < -0.3 is 40.3 Å². The van der Waals surface area contributed by atoms with Gasteiger partial charge in [-0.2, -0.15) is 0 Å². The number of hydrogen-bond acceptors (Lipinski definition) is 2. The number of rotatable bonds is 2. The summed E-state index contributed by atoms with van der Waals surface area (Å²) in [6.07, 6.45) is 2.13. The Morgan fingerprint density at radius 3 is 2.71 bits per heavy atom. The lowest BCUT2D eigenvalue weighted by Crippen LogP contribution is -3.00. The zero-order valence-electron chi connectivity index (χ0n) is 10.9. The lowest BCUT2D eigenvalue weighted by atomic mass is 9.93. The SMILES string of the molecule is O=C(O)C1Cc2[nH]c[nH+]c2C(c2ccccc2O)[NH2+]1.[Cl-].[Cl-]. The molecule has 3 rings (SSSR count). The lowest BCUT2D eigenvalue weighted by Gasteiger charge is -2.22. The molecule has 0 saturated carbocycles. The highest BCUT2D eigenvalue weighted by Crippen LogP contribution is 2.27. The number of aromatic amines is 2. The molecular formula is C13H15Cl2N3O3. The molecule has 2 unspecified atom stereocenters. The van der Waals surface area contributed by atoms with E-state index >= 15 is 0 Å². The van der Waals surface area contributed by atoms with Gasteiger partial charge in [0.2, 0.25) is 12.0 Å². The van der Waals surface area contributed by atoms with E-state index in [1.807, 2.05) is 12.1 Å². The quantitative estimate of drug-likeness (QED) is 0.439. The molecule has 114 valence electrons. The summed E-state index contributed by atoms with van der Waals surface area (Å²) < 4.78 is 0. The number of hydrogen-bond donors (Lipinski definition) is 4. The fraction of sp³-hybridized carbons (Fsp3) is 0.231. The van der Waals surface area contributed by atoms with Crippen LogP contribution in [0.4, 0.5) is 0 Å². The molecule has 2 atom stereocenters. The summed E-state index contributed by atoms with van der Waals surface area (Å²) in [5.41, 5.74) is 2.51. The van der Waals surface area contributed by atoms with Crippen LogP contribution in [0.25, 0.3) is 0 Å². The highest BCUT2D eigenvalue weighted by molar-refractivity contribution is 5.72. The van der Waals surface area contributed by atoms with Crippen LogP contribution in [0.5, 0.6) is 5.75 Å². The maximum atomic E-state index is 11.2. The monoisotopic (exact) mass is 331 g/mol. The number of carboxylic acids is 1. The van der Waals surface area contributed by atoms with Gasteiger partial charge in [-0.25, -0.2) is 14.8 Å². The predicted octanol–water partition coefficient (Wildman–Crippen LogP) is -6.80. The number of carbonyl (C=O) groups is 1. The van der Waals surface area contributed by atoms with Crippen LogP contribution in [0.15, 0.2) is 30.6 Å². The van der Waals surface area contributed by atoms with E-state index in [-0.39, 0.29) is 36.6 Å². The van der Waals surface area contributed by atoms with Crippen molar-refractivity contribution in [2.24, 2.45) is 0 Å². The molecule has 0 fully saturated rings. The Morgan fingerprint density at radius 1 is 1.33 bits per heavy atom. The van der Waals surface area contributed by atoms with Gasteiger partial charge in [0.25, 0.3) is 0 Å². The van der Waals surface area contributed by atoms with Gasteiger partial charge in [-0.1, -0.05) is 12.1 Å². The standard InChI is InChI=1S/C13H13N3O3.2ClH/c17-10-4-2-1-3-7(10)11-12-8(14-6-15-12)5-9(16-11)13(18)19;;/h1-4,6,9,11,16-17H,5H2,(H,14,15)(H,18,19);2*1H. The number of nitrogens with two attached hydrogens (primary N) is 1. The summed E-state index contributed by atoms with van der Waals surface area (Å²) in [6.45, 7) is 0. The largest absolute Gasteiger partial charge is 1.00 e. The van der Waals surface area contributed by atoms with Gasteiger partial charge in [-0.15, -0.1) is 0 Å². The summed E-state index contributed by atoms with van der Waals surface area (Å²) in [7, 11) is 0. The van der Waals surface area contributed by atoms with Gasteiger partial charge in [0, 0.05) is 0 Å². The number of H-pyrrole nitrogens is 2. The number of phenols is 1. The minimum Gasteiger partial charge on any atom is -1.00 e. The fourth-order valence-corrected chi connectivity index (χ4v) is 2.61. The smallest absolute Gasteiger partial charge is 0.362 e. The summed E-state index contributed by atoms with van der Waals surface area (Å²) >= 11 is 0. The first-order valence-corrected chi connectivity index (χ1v) is 6.10. The average Bonchev–Trinajstić information content (AvgIpc) is 2.86. The van der Waals surface area contributed by atoms with Crippen molar-refractivity contribution in [3.8, 4) is 5.75 Å². The minimum absolute atomic E-state index is 0. The minimum atomic E-state index is -0.847. The van der Waals surface area contributed by atoms with Crippen molar-refractivity contribution >= 4 is 5.97 Å². The zero-order valence-corrected chi connectivity index (χ0v) is 12.4. The molecule has 2 heterocycles. The van der Waals surface area contributed by atoms with Crippen LogP contribution in [0, 0.1) is 0 Å². The summed E-state index contributed by atoms with van der Waals surface area (Å²) in [5.74, 6) is -0.670. The van der Waals surface area contributed by atoms with E-state index < -0.39 is 12.0 Å². The zero-order chi connectivity index (χ0) is 13.4. The number of quaternary nitrogens is 1. The van der Waals surface area contributed by atoms with Crippen molar-refractivity contribution in [1.29, 1.82) is 0 Å². The van der Waals surface area contributed by atoms with Crippen LogP contribution in [0.2, 0.25) is 0 Å². The first kappa shape index (κ1) is 17.3. The Kier molecular flexibility index (Phi) is 5.60. The number of carboxylic acid groups (broad SMARTS) is 1. The van der Waals surface area contributed by atoms with Crippen molar-refractivity contribution < 1.29 is 50.1 Å². The molecule has 1 aliphatic rings. The number of imidazole rings is 1. The maximum Gasteiger partial charge on any atom is 0.362 e. The van der Waals surface area contributed by atoms with Crippen molar-refractivity contribution in [3.05, 3.63) is 47.5 Å². The van der Waals surface area contributed by atoms with E-state index in [0.29, 0.717) is 12.0 Å². The lowest BCUT2D eigenvalue weighted by molar-refractivity contribution is -0.722. The molecule has 1 aliphatic heterocycles. The number of phenolic OH excluding ortho intramolecular Hbond substituents is 1. The molecule has 0 saturated heterocycles. The van der Waals surface area contributed by atoms with Crippen LogP contribution >= 0.6 is 0 Å². The summed E-state index contributed by atoms with van der Waals surface area (Å²) in [4.78, 5) is 17.4. The van der Waals surface area contributed by atoms with Gasteiger partial charge in [0.1, 0.15) is 5.75 Å². The van der Waals surface area contributed by atoms with Crippen molar-refractivity contribution in [2.75, 3.05) is 0 Å². The molecule has 0 spiro atoms. The topological polar surface area (TPSA) is 104 Å². The predicted molar refractivity (Wildman–Crippen MR) is 64.4 cm³/mol. The van der Waals surface area contributed by atoms with Gasteiger partial charge >= 0.3 is 5.97 Å². The Morgan fingerprint density at radius 2 is 2.05 bits per heavy atom. The van der Waals surface area contributed by atoms with Crippen LogP contribution in [-0.2, 0) is 11.2 Å². The highest BCUT2D eigenvalue weighted by Gasteiger charge is 2.41. The number of benzene rings is 1. The first-order valence-electron chi connectivity index (χ1n) is 6.10. The second-order valence-corrected chi connectivity index (χ2v) is 4.70. The molecule has 8 heteroatoms. The molecule has 0 radical (unpaired) electrons. The van der Waals surface area contributed by atoms with Crippen LogP contribution in [0.3, 0.4) is 0 Å². The molecule has 0 amide bonds. The molecule has 6 nitrogen and oxygen atoms in total. The molecule has 6 N–H and O–H groups in total. The van der Waals surface area contributed by atoms with E-state index in [9.17, 15) is 15.0 Å².